The zero-order chi connectivity index (χ0) is 13.5. The van der Waals surface area contributed by atoms with Crippen molar-refractivity contribution in [3.8, 4) is 0 Å². The Morgan fingerprint density at radius 1 is 1.50 bits per heavy atom. The molecule has 0 aromatic heterocycles. The van der Waals surface area contributed by atoms with Gasteiger partial charge in [0.15, 0.2) is 0 Å². The molecule has 0 saturated carbocycles. The van der Waals surface area contributed by atoms with Crippen LogP contribution in [0.2, 0.25) is 0 Å². The van der Waals surface area contributed by atoms with E-state index < -0.39 is 0 Å². The molecule has 1 amide bonds. The summed E-state index contributed by atoms with van der Waals surface area (Å²) in [6.45, 7) is 4.61. The fourth-order valence-corrected chi connectivity index (χ4v) is 2.23. The number of hydrogen-bond acceptors (Lipinski definition) is 2. The maximum Gasteiger partial charge on any atom is 0.220 e. The number of benzene rings is 1. The second-order valence-corrected chi connectivity index (χ2v) is 5.47. The Bertz CT molecular complexity index is 391. The number of nitrogens with one attached hydrogen (secondary N) is 1. The van der Waals surface area contributed by atoms with Gasteiger partial charge in [-0.1, -0.05) is 41.4 Å². The molecule has 1 aromatic carbocycles. The summed E-state index contributed by atoms with van der Waals surface area (Å²) in [7, 11) is 0. The lowest BCUT2D eigenvalue weighted by Crippen LogP contribution is -2.30. The fourth-order valence-electron chi connectivity index (χ4n) is 1.82. The third kappa shape index (κ3) is 4.78. The number of carbonyl (C=O) groups excluding carboxylic acids is 1. The van der Waals surface area contributed by atoms with Crippen molar-refractivity contribution >= 4 is 21.8 Å². The van der Waals surface area contributed by atoms with Crippen molar-refractivity contribution in [1.29, 1.82) is 0 Å². The normalized spacial score (nSPS) is 14.0. The molecule has 0 radical (unpaired) electrons. The number of halogens is 1. The SMILES string of the molecule is CCC(CN)CC(=O)N[C@@H](C)c1cccc(Br)c1. The van der Waals surface area contributed by atoms with E-state index >= 15 is 0 Å². The lowest BCUT2D eigenvalue weighted by atomic mass is 10.0. The Morgan fingerprint density at radius 3 is 2.78 bits per heavy atom. The third-order valence-electron chi connectivity index (χ3n) is 3.11. The number of hydrogen-bond donors (Lipinski definition) is 2. The van der Waals surface area contributed by atoms with Crippen molar-refractivity contribution in [2.45, 2.75) is 32.7 Å². The van der Waals surface area contributed by atoms with E-state index in [0.717, 1.165) is 16.5 Å². The zero-order valence-electron chi connectivity index (χ0n) is 10.9. The maximum atomic E-state index is 11.9. The number of rotatable bonds is 6. The van der Waals surface area contributed by atoms with Gasteiger partial charge in [0, 0.05) is 10.9 Å². The van der Waals surface area contributed by atoms with E-state index in [2.05, 4.69) is 28.2 Å². The van der Waals surface area contributed by atoms with E-state index in [-0.39, 0.29) is 17.9 Å². The van der Waals surface area contributed by atoms with Gasteiger partial charge >= 0.3 is 0 Å². The molecule has 1 rings (SSSR count). The highest BCUT2D eigenvalue weighted by Gasteiger charge is 2.13. The lowest BCUT2D eigenvalue weighted by Gasteiger charge is -2.17. The van der Waals surface area contributed by atoms with Crippen LogP contribution in [0.1, 0.15) is 38.3 Å². The predicted octanol–water partition coefficient (Wildman–Crippen LogP) is 3.00. The minimum atomic E-state index is 0.0188. The van der Waals surface area contributed by atoms with Gasteiger partial charge in [0.25, 0.3) is 0 Å². The Balaban J connectivity index is 2.54. The van der Waals surface area contributed by atoms with E-state index in [9.17, 15) is 4.79 Å². The first-order chi connectivity index (χ1) is 8.56. The van der Waals surface area contributed by atoms with Gasteiger partial charge in [-0.15, -0.1) is 0 Å². The Kier molecular flexibility index (Phi) is 6.36. The number of amides is 1. The minimum absolute atomic E-state index is 0.0188. The van der Waals surface area contributed by atoms with Crippen LogP contribution in [0, 0.1) is 5.92 Å². The van der Waals surface area contributed by atoms with Crippen LogP contribution in [-0.4, -0.2) is 12.5 Å². The average Bonchev–Trinajstić information content (AvgIpc) is 2.35. The molecule has 0 aliphatic rings. The smallest absolute Gasteiger partial charge is 0.220 e. The van der Waals surface area contributed by atoms with Gasteiger partial charge in [-0.25, -0.2) is 0 Å². The van der Waals surface area contributed by atoms with Crippen molar-refractivity contribution in [3.05, 3.63) is 34.3 Å². The largest absolute Gasteiger partial charge is 0.350 e. The van der Waals surface area contributed by atoms with E-state index in [1.165, 1.54) is 0 Å². The summed E-state index contributed by atoms with van der Waals surface area (Å²) in [5.41, 5.74) is 6.70. The fraction of sp³-hybridized carbons (Fsp3) is 0.500. The molecule has 0 aliphatic carbocycles. The second-order valence-electron chi connectivity index (χ2n) is 4.56. The summed E-state index contributed by atoms with van der Waals surface area (Å²) >= 11 is 3.43. The van der Waals surface area contributed by atoms with Gasteiger partial charge in [-0.05, 0) is 37.1 Å². The lowest BCUT2D eigenvalue weighted by molar-refractivity contribution is -0.122. The molecular formula is C14H21BrN2O. The monoisotopic (exact) mass is 312 g/mol. The molecule has 18 heavy (non-hydrogen) atoms. The van der Waals surface area contributed by atoms with Crippen molar-refractivity contribution in [3.63, 3.8) is 0 Å². The highest BCUT2D eigenvalue weighted by Crippen LogP contribution is 2.18. The van der Waals surface area contributed by atoms with Gasteiger partial charge in [0.1, 0.15) is 0 Å². The summed E-state index contributed by atoms with van der Waals surface area (Å²) in [6, 6.07) is 7.99. The average molecular weight is 313 g/mol. The molecule has 4 heteroatoms. The predicted molar refractivity (Wildman–Crippen MR) is 78.2 cm³/mol. The maximum absolute atomic E-state index is 11.9. The van der Waals surface area contributed by atoms with Crippen molar-refractivity contribution in [2.75, 3.05) is 6.54 Å². The van der Waals surface area contributed by atoms with Gasteiger partial charge in [0.05, 0.1) is 6.04 Å². The van der Waals surface area contributed by atoms with E-state index in [1.54, 1.807) is 0 Å². The van der Waals surface area contributed by atoms with Crippen molar-refractivity contribution < 1.29 is 4.79 Å². The van der Waals surface area contributed by atoms with Gasteiger partial charge in [0.2, 0.25) is 5.91 Å². The quantitative estimate of drug-likeness (QED) is 0.848. The molecule has 1 unspecified atom stereocenters. The Morgan fingerprint density at radius 2 is 2.22 bits per heavy atom. The first kappa shape index (κ1) is 15.2. The topological polar surface area (TPSA) is 55.1 Å². The van der Waals surface area contributed by atoms with Crippen LogP contribution in [0.3, 0.4) is 0 Å². The molecule has 0 saturated heterocycles. The van der Waals surface area contributed by atoms with Gasteiger partial charge < -0.3 is 11.1 Å². The first-order valence-corrected chi connectivity index (χ1v) is 7.11. The van der Waals surface area contributed by atoms with E-state index in [1.807, 2.05) is 31.2 Å². The van der Waals surface area contributed by atoms with Crippen molar-refractivity contribution in [2.24, 2.45) is 11.7 Å². The van der Waals surface area contributed by atoms with Crippen LogP contribution in [0.5, 0.6) is 0 Å². The molecule has 2 atom stereocenters. The second kappa shape index (κ2) is 7.54. The molecule has 0 aliphatic heterocycles. The third-order valence-corrected chi connectivity index (χ3v) is 3.60. The summed E-state index contributed by atoms with van der Waals surface area (Å²) in [5.74, 6) is 0.347. The molecule has 1 aromatic rings. The number of nitrogens with two attached hydrogens (primary N) is 1. The van der Waals surface area contributed by atoms with Crippen molar-refractivity contribution in [1.82, 2.24) is 5.32 Å². The van der Waals surface area contributed by atoms with E-state index in [0.29, 0.717) is 13.0 Å². The van der Waals surface area contributed by atoms with Crippen LogP contribution < -0.4 is 11.1 Å². The standard InChI is InChI=1S/C14H21BrN2O/c1-3-11(9-16)7-14(18)17-10(2)12-5-4-6-13(15)8-12/h4-6,8,10-11H,3,7,9,16H2,1-2H3,(H,17,18)/t10-,11?/m0/s1. The zero-order valence-corrected chi connectivity index (χ0v) is 12.5. The summed E-state index contributed by atoms with van der Waals surface area (Å²) in [6.07, 6.45) is 1.44. The van der Waals surface area contributed by atoms with Crippen LogP contribution in [-0.2, 0) is 4.79 Å². The highest BCUT2D eigenvalue weighted by molar-refractivity contribution is 9.10. The van der Waals surface area contributed by atoms with Crippen LogP contribution >= 0.6 is 15.9 Å². The molecule has 100 valence electrons. The molecular weight excluding hydrogens is 292 g/mol. The van der Waals surface area contributed by atoms with Crippen LogP contribution in [0.15, 0.2) is 28.7 Å². The molecule has 0 spiro atoms. The van der Waals surface area contributed by atoms with Crippen LogP contribution in [0.4, 0.5) is 0 Å². The molecule has 0 bridgehead atoms. The number of carbonyl (C=O) groups is 1. The first-order valence-electron chi connectivity index (χ1n) is 6.31. The molecule has 0 heterocycles. The van der Waals surface area contributed by atoms with E-state index in [4.69, 9.17) is 5.73 Å². The summed E-state index contributed by atoms with van der Waals surface area (Å²) in [4.78, 5) is 11.9. The molecule has 0 fully saturated rings. The summed E-state index contributed by atoms with van der Waals surface area (Å²) < 4.78 is 1.02. The van der Waals surface area contributed by atoms with Gasteiger partial charge in [-0.3, -0.25) is 4.79 Å². The van der Waals surface area contributed by atoms with Crippen LogP contribution in [0.25, 0.3) is 0 Å². The molecule has 3 nitrogen and oxygen atoms in total. The van der Waals surface area contributed by atoms with Gasteiger partial charge in [-0.2, -0.15) is 0 Å². The Hall–Kier alpha value is -0.870. The highest BCUT2D eigenvalue weighted by atomic mass is 79.9. The Labute approximate surface area is 117 Å². The minimum Gasteiger partial charge on any atom is -0.350 e. The summed E-state index contributed by atoms with van der Waals surface area (Å²) in [5, 5.41) is 3.01. The molecule has 3 N–H and O–H groups in total.